The molecule has 0 aromatic heterocycles. The molecule has 0 heterocycles. The summed E-state index contributed by atoms with van der Waals surface area (Å²) in [6.07, 6.45) is 1.90. The zero-order valence-corrected chi connectivity index (χ0v) is 5.60. The maximum atomic E-state index is 3.53. The van der Waals surface area contributed by atoms with Gasteiger partial charge in [-0.1, -0.05) is 0 Å². The van der Waals surface area contributed by atoms with Crippen molar-refractivity contribution in [3.05, 3.63) is 12.7 Å². The fourth-order valence-electron chi connectivity index (χ4n) is 0.0913. The van der Waals surface area contributed by atoms with E-state index in [1.54, 1.807) is 14.4 Å². The summed E-state index contributed by atoms with van der Waals surface area (Å²) >= 11 is 1.64. The van der Waals surface area contributed by atoms with E-state index in [0.717, 1.165) is 5.39 Å². The van der Waals surface area contributed by atoms with Crippen LogP contribution in [0.4, 0.5) is 0 Å². The molecular formula is C4H8Ni2. The molecule has 0 aromatic carbocycles. The quantitative estimate of drug-likeness (QED) is 0.441. The molecule has 0 aliphatic carbocycles. The zero-order valence-electron chi connectivity index (χ0n) is 3.62. The third-order valence-corrected chi connectivity index (χ3v) is 0.909. The predicted octanol–water partition coefficient (Wildman–Crippen LogP) is 1.72. The molecule has 0 saturated carbocycles. The summed E-state index contributed by atoms with van der Waals surface area (Å²) in [5.74, 6) is 2.08. The van der Waals surface area contributed by atoms with Crippen molar-refractivity contribution in [1.82, 2.24) is 0 Å². The second-order valence-corrected chi connectivity index (χ2v) is 1.74. The van der Waals surface area contributed by atoms with Crippen molar-refractivity contribution in [2.45, 2.75) is 11.3 Å². The van der Waals surface area contributed by atoms with Gasteiger partial charge in [-0.2, -0.15) is 0 Å². The number of hydrogen-bond acceptors (Lipinski definition) is 0. The molecule has 0 saturated heterocycles. The minimum atomic E-state index is 0. The molecule has 0 nitrogen and oxygen atoms in total. The van der Waals surface area contributed by atoms with E-state index in [-0.39, 0.29) is 16.5 Å². The van der Waals surface area contributed by atoms with E-state index >= 15 is 0 Å². The van der Waals surface area contributed by atoms with Crippen LogP contribution in [0.2, 0.25) is 11.3 Å². The van der Waals surface area contributed by atoms with Crippen molar-refractivity contribution in [3.8, 4) is 0 Å². The molecule has 0 unspecified atom stereocenters. The summed E-state index contributed by atoms with van der Waals surface area (Å²) in [5.41, 5.74) is 0. The van der Waals surface area contributed by atoms with Gasteiger partial charge >= 0.3 is 38.4 Å². The molecule has 2 heteroatoms. The summed E-state index contributed by atoms with van der Waals surface area (Å²) in [6, 6.07) is 0. The largest absolute Gasteiger partial charge is 0 e. The Hall–Kier alpha value is 0.727. The molecule has 0 aromatic rings. The fourth-order valence-corrected chi connectivity index (χ4v) is 0.376. The van der Waals surface area contributed by atoms with Crippen molar-refractivity contribution in [2.24, 2.45) is 0 Å². The third-order valence-electron chi connectivity index (χ3n) is 0.220. The molecule has 0 fully saturated rings. The van der Waals surface area contributed by atoms with Crippen LogP contribution in [0.3, 0.4) is 0 Å². The van der Waals surface area contributed by atoms with Gasteiger partial charge in [0.1, 0.15) is 0 Å². The molecule has 0 rings (SSSR count). The van der Waals surface area contributed by atoms with Crippen LogP contribution in [0, 0.1) is 0 Å². The fraction of sp³-hybridized carbons (Fsp3) is 0.500. The van der Waals surface area contributed by atoms with Crippen LogP contribution in [-0.4, -0.2) is 0 Å². The molecule has 0 N–H and O–H groups in total. The van der Waals surface area contributed by atoms with Crippen LogP contribution in [-0.2, 0) is 30.9 Å². The smallest absolute Gasteiger partial charge is 0 e. The third kappa shape index (κ3) is 8.83. The minimum absolute atomic E-state index is 0. The first kappa shape index (κ1) is 9.87. The molecular weight excluding hydrogens is 165 g/mol. The Morgan fingerprint density at radius 1 is 1.83 bits per heavy atom. The van der Waals surface area contributed by atoms with Gasteiger partial charge in [0.05, 0.1) is 0 Å². The summed E-state index contributed by atoms with van der Waals surface area (Å²) in [6.45, 7) is 3.53. The summed E-state index contributed by atoms with van der Waals surface area (Å²) in [4.78, 5) is 0. The first-order valence-electron chi connectivity index (χ1n) is 1.36. The van der Waals surface area contributed by atoms with Crippen molar-refractivity contribution >= 4 is 0 Å². The molecule has 0 aliphatic heterocycles. The molecule has 0 bridgehead atoms. The second kappa shape index (κ2) is 9.21. The van der Waals surface area contributed by atoms with E-state index in [1.807, 2.05) is 6.08 Å². The maximum absolute atomic E-state index is 3.53. The van der Waals surface area contributed by atoms with Crippen LogP contribution in [0.25, 0.3) is 0 Å². The van der Waals surface area contributed by atoms with E-state index in [4.69, 9.17) is 0 Å². The SMILES string of the molecule is C=C[CH2][Ni][CH3].[Ni]. The first-order chi connectivity index (χ1) is 2.41. The zero-order chi connectivity index (χ0) is 4.12. The van der Waals surface area contributed by atoms with Crippen molar-refractivity contribution in [1.29, 1.82) is 0 Å². The van der Waals surface area contributed by atoms with Crippen molar-refractivity contribution in [2.75, 3.05) is 0 Å². The van der Waals surface area contributed by atoms with Crippen molar-refractivity contribution in [3.63, 3.8) is 0 Å². The summed E-state index contributed by atoms with van der Waals surface area (Å²) in [5, 5.41) is 1.09. The molecule has 0 radical (unpaired) electrons. The minimum Gasteiger partial charge on any atom is 0 e. The van der Waals surface area contributed by atoms with Crippen LogP contribution < -0.4 is 0 Å². The van der Waals surface area contributed by atoms with Gasteiger partial charge in [0.15, 0.2) is 0 Å². The van der Waals surface area contributed by atoms with E-state index in [2.05, 4.69) is 12.5 Å². The van der Waals surface area contributed by atoms with Gasteiger partial charge < -0.3 is 0 Å². The standard InChI is InChI=1S/C3H5.CH3.2Ni/c1-3-2;;;/h3H,1-2H2;1H3;;. The van der Waals surface area contributed by atoms with E-state index in [0.29, 0.717) is 0 Å². The van der Waals surface area contributed by atoms with Gasteiger partial charge in [-0.3, -0.25) is 0 Å². The number of allylic oxidation sites excluding steroid dienone is 1. The average Bonchev–Trinajstić information content (AvgIpc) is 1.41. The van der Waals surface area contributed by atoms with Gasteiger partial charge in [-0.05, 0) is 0 Å². The van der Waals surface area contributed by atoms with Gasteiger partial charge in [-0.15, -0.1) is 0 Å². The van der Waals surface area contributed by atoms with Crippen molar-refractivity contribution < 1.29 is 30.9 Å². The Morgan fingerprint density at radius 2 is 2.33 bits per heavy atom. The normalized spacial score (nSPS) is 6.83. The molecule has 0 aliphatic rings. The number of hydrogen-bond donors (Lipinski definition) is 0. The molecule has 44 valence electrons. The average molecular weight is 173 g/mol. The number of rotatable bonds is 2. The monoisotopic (exact) mass is 172 g/mol. The van der Waals surface area contributed by atoms with E-state index in [9.17, 15) is 0 Å². The summed E-state index contributed by atoms with van der Waals surface area (Å²) in [7, 11) is 0. The van der Waals surface area contributed by atoms with Crippen LogP contribution >= 0.6 is 0 Å². The Labute approximate surface area is 55.1 Å². The van der Waals surface area contributed by atoms with E-state index in [1.165, 1.54) is 0 Å². The van der Waals surface area contributed by atoms with Gasteiger partial charge in [0.2, 0.25) is 0 Å². The van der Waals surface area contributed by atoms with Gasteiger partial charge in [0, 0.05) is 16.5 Å². The Morgan fingerprint density at radius 3 is 2.33 bits per heavy atom. The van der Waals surface area contributed by atoms with Gasteiger partial charge in [0.25, 0.3) is 0 Å². The maximum Gasteiger partial charge on any atom is 0 e. The van der Waals surface area contributed by atoms with Crippen LogP contribution in [0.15, 0.2) is 12.7 Å². The Kier molecular flexibility index (Phi) is 15.2. The first-order valence-corrected chi connectivity index (χ1v) is 3.04. The second-order valence-electron chi connectivity index (χ2n) is 0.641. The predicted molar refractivity (Wildman–Crippen MR) is 20.9 cm³/mol. The topological polar surface area (TPSA) is 0 Å². The van der Waals surface area contributed by atoms with Gasteiger partial charge in [-0.25, -0.2) is 0 Å². The Bertz CT molecular complexity index is 26.7. The van der Waals surface area contributed by atoms with Crippen LogP contribution in [0.1, 0.15) is 0 Å². The summed E-state index contributed by atoms with van der Waals surface area (Å²) < 4.78 is 0. The van der Waals surface area contributed by atoms with Crippen LogP contribution in [0.5, 0.6) is 0 Å². The Balaban J connectivity index is 0. The van der Waals surface area contributed by atoms with E-state index < -0.39 is 0 Å². The molecule has 0 spiro atoms. The molecule has 0 amide bonds. The molecule has 6 heavy (non-hydrogen) atoms. The molecule has 0 atom stereocenters.